The molecule has 3 heteroatoms. The van der Waals surface area contributed by atoms with Gasteiger partial charge in [-0.15, -0.1) is 0 Å². The number of nitrogens with one attached hydrogen (secondary N) is 1. The second kappa shape index (κ2) is 4.09. The molecule has 0 unspecified atom stereocenters. The fraction of sp³-hybridized carbons (Fsp3) is 0.333. The van der Waals surface area contributed by atoms with E-state index < -0.39 is 0 Å². The molecule has 0 aliphatic rings. The van der Waals surface area contributed by atoms with Crippen LogP contribution in [0.25, 0.3) is 0 Å². The van der Waals surface area contributed by atoms with Crippen molar-refractivity contribution >= 4 is 5.69 Å². The minimum atomic E-state index is 0.00519. The molecule has 0 aromatic heterocycles. The summed E-state index contributed by atoms with van der Waals surface area (Å²) in [5.41, 5.74) is 7.32. The molecular formula is C9H14N2O. The van der Waals surface area contributed by atoms with Crippen molar-refractivity contribution in [2.75, 3.05) is 19.4 Å². The fourth-order valence-corrected chi connectivity index (χ4v) is 1.09. The Hall–Kier alpha value is -1.06. The van der Waals surface area contributed by atoms with Crippen molar-refractivity contribution in [2.24, 2.45) is 0 Å². The van der Waals surface area contributed by atoms with Crippen molar-refractivity contribution in [3.05, 3.63) is 29.8 Å². The molecule has 12 heavy (non-hydrogen) atoms. The number of benzene rings is 1. The summed E-state index contributed by atoms with van der Waals surface area (Å²) in [6, 6.07) is 7.48. The summed E-state index contributed by atoms with van der Waals surface area (Å²) in [4.78, 5) is 0. The Balaban J connectivity index is 2.80. The number of likely N-dealkylation sites (N-methyl/N-ethyl adjacent to an activating group) is 1. The monoisotopic (exact) mass is 166 g/mol. The largest absolute Gasteiger partial charge is 0.399 e. The van der Waals surface area contributed by atoms with E-state index in [0.717, 1.165) is 11.3 Å². The van der Waals surface area contributed by atoms with Crippen LogP contribution in [0.15, 0.2) is 24.3 Å². The molecular weight excluding hydrogens is 152 g/mol. The van der Waals surface area contributed by atoms with Gasteiger partial charge in [-0.25, -0.2) is 0 Å². The Kier molecular flexibility index (Phi) is 3.08. The summed E-state index contributed by atoms with van der Waals surface area (Å²) in [6.45, 7) is 0.0976. The highest BCUT2D eigenvalue weighted by Gasteiger charge is 2.05. The predicted molar refractivity (Wildman–Crippen MR) is 49.7 cm³/mol. The standard InChI is InChI=1S/C9H14N2O/c1-11-9(6-12)7-2-4-8(10)5-3-7/h2-5,9,11-12H,6,10H2,1H3/t9-/m0/s1. The fourth-order valence-electron chi connectivity index (χ4n) is 1.09. The highest BCUT2D eigenvalue weighted by molar-refractivity contribution is 5.40. The van der Waals surface area contributed by atoms with Crippen LogP contribution in [0.5, 0.6) is 0 Å². The Labute approximate surface area is 72.2 Å². The average molecular weight is 166 g/mol. The molecule has 0 saturated carbocycles. The number of rotatable bonds is 3. The number of hydrogen-bond donors (Lipinski definition) is 3. The molecule has 0 heterocycles. The van der Waals surface area contributed by atoms with Gasteiger partial charge in [0.1, 0.15) is 0 Å². The second-order valence-corrected chi connectivity index (χ2v) is 2.69. The van der Waals surface area contributed by atoms with Crippen LogP contribution in [0.2, 0.25) is 0 Å². The minimum Gasteiger partial charge on any atom is -0.399 e. The molecule has 0 bridgehead atoms. The molecule has 3 nitrogen and oxygen atoms in total. The molecule has 0 spiro atoms. The van der Waals surface area contributed by atoms with Crippen LogP contribution in [-0.2, 0) is 0 Å². The van der Waals surface area contributed by atoms with Gasteiger partial charge in [0.05, 0.1) is 12.6 Å². The van der Waals surface area contributed by atoms with Crippen LogP contribution < -0.4 is 11.1 Å². The lowest BCUT2D eigenvalue weighted by atomic mass is 10.1. The second-order valence-electron chi connectivity index (χ2n) is 2.69. The highest BCUT2D eigenvalue weighted by Crippen LogP contribution is 2.13. The van der Waals surface area contributed by atoms with Gasteiger partial charge in [0, 0.05) is 5.69 Å². The summed E-state index contributed by atoms with van der Waals surface area (Å²) < 4.78 is 0. The van der Waals surface area contributed by atoms with Crippen molar-refractivity contribution in [1.29, 1.82) is 0 Å². The Morgan fingerprint density at radius 1 is 1.42 bits per heavy atom. The molecule has 1 aromatic rings. The lowest BCUT2D eigenvalue weighted by Crippen LogP contribution is -2.19. The number of aliphatic hydroxyl groups is 1. The summed E-state index contributed by atoms with van der Waals surface area (Å²) in [6.07, 6.45) is 0. The van der Waals surface area contributed by atoms with E-state index in [-0.39, 0.29) is 12.6 Å². The average Bonchev–Trinajstić information content (AvgIpc) is 2.10. The summed E-state index contributed by atoms with van der Waals surface area (Å²) in [5, 5.41) is 12.0. The molecule has 0 aliphatic heterocycles. The zero-order chi connectivity index (χ0) is 8.97. The summed E-state index contributed by atoms with van der Waals surface area (Å²) in [7, 11) is 1.82. The first-order valence-corrected chi connectivity index (χ1v) is 3.91. The number of aliphatic hydroxyl groups excluding tert-OH is 1. The smallest absolute Gasteiger partial charge is 0.0626 e. The molecule has 0 radical (unpaired) electrons. The van der Waals surface area contributed by atoms with E-state index in [0.29, 0.717) is 0 Å². The van der Waals surface area contributed by atoms with Crippen LogP contribution in [0.1, 0.15) is 11.6 Å². The lowest BCUT2D eigenvalue weighted by Gasteiger charge is -2.12. The molecule has 1 aromatic carbocycles. The Morgan fingerprint density at radius 2 is 2.00 bits per heavy atom. The molecule has 1 rings (SSSR count). The molecule has 1 atom stereocenters. The van der Waals surface area contributed by atoms with Crippen molar-refractivity contribution in [1.82, 2.24) is 5.32 Å². The van der Waals surface area contributed by atoms with Gasteiger partial charge >= 0.3 is 0 Å². The topological polar surface area (TPSA) is 58.3 Å². The van der Waals surface area contributed by atoms with Crippen molar-refractivity contribution in [2.45, 2.75) is 6.04 Å². The zero-order valence-corrected chi connectivity index (χ0v) is 7.12. The molecule has 0 fully saturated rings. The number of nitrogens with two attached hydrogens (primary N) is 1. The van der Waals surface area contributed by atoms with Crippen molar-refractivity contribution in [3.63, 3.8) is 0 Å². The maximum atomic E-state index is 8.96. The maximum absolute atomic E-state index is 8.96. The van der Waals surface area contributed by atoms with Crippen LogP contribution in [-0.4, -0.2) is 18.8 Å². The third-order valence-corrected chi connectivity index (χ3v) is 1.87. The molecule has 0 amide bonds. The van der Waals surface area contributed by atoms with Crippen LogP contribution >= 0.6 is 0 Å². The van der Waals surface area contributed by atoms with E-state index >= 15 is 0 Å². The van der Waals surface area contributed by atoms with E-state index in [9.17, 15) is 0 Å². The predicted octanol–water partition coefficient (Wildman–Crippen LogP) is 0.522. The first-order chi connectivity index (χ1) is 5.77. The number of anilines is 1. The quantitative estimate of drug-likeness (QED) is 0.574. The maximum Gasteiger partial charge on any atom is 0.0626 e. The van der Waals surface area contributed by atoms with E-state index in [1.54, 1.807) is 0 Å². The van der Waals surface area contributed by atoms with Gasteiger partial charge in [0.25, 0.3) is 0 Å². The van der Waals surface area contributed by atoms with Crippen LogP contribution in [0, 0.1) is 0 Å². The van der Waals surface area contributed by atoms with Gasteiger partial charge in [0.2, 0.25) is 0 Å². The summed E-state index contributed by atoms with van der Waals surface area (Å²) >= 11 is 0. The molecule has 0 saturated heterocycles. The van der Waals surface area contributed by atoms with Gasteiger partial charge in [-0.1, -0.05) is 12.1 Å². The van der Waals surface area contributed by atoms with Gasteiger partial charge in [-0.3, -0.25) is 0 Å². The lowest BCUT2D eigenvalue weighted by molar-refractivity contribution is 0.251. The van der Waals surface area contributed by atoms with Crippen LogP contribution in [0.3, 0.4) is 0 Å². The Morgan fingerprint density at radius 3 is 2.42 bits per heavy atom. The van der Waals surface area contributed by atoms with Gasteiger partial charge in [-0.05, 0) is 24.7 Å². The van der Waals surface area contributed by atoms with Crippen molar-refractivity contribution < 1.29 is 5.11 Å². The van der Waals surface area contributed by atoms with E-state index in [1.165, 1.54) is 0 Å². The van der Waals surface area contributed by atoms with Gasteiger partial charge in [0.15, 0.2) is 0 Å². The van der Waals surface area contributed by atoms with E-state index in [2.05, 4.69) is 5.32 Å². The third-order valence-electron chi connectivity index (χ3n) is 1.87. The first kappa shape index (κ1) is 9.03. The molecule has 4 N–H and O–H groups in total. The van der Waals surface area contributed by atoms with E-state index in [4.69, 9.17) is 10.8 Å². The minimum absolute atomic E-state index is 0.00519. The van der Waals surface area contributed by atoms with Crippen LogP contribution in [0.4, 0.5) is 5.69 Å². The SMILES string of the molecule is CN[C@@H](CO)c1ccc(N)cc1. The normalized spacial score (nSPS) is 12.8. The number of hydrogen-bond acceptors (Lipinski definition) is 3. The molecule has 66 valence electrons. The first-order valence-electron chi connectivity index (χ1n) is 3.91. The zero-order valence-electron chi connectivity index (χ0n) is 7.12. The van der Waals surface area contributed by atoms with Crippen molar-refractivity contribution in [3.8, 4) is 0 Å². The van der Waals surface area contributed by atoms with Gasteiger partial charge < -0.3 is 16.2 Å². The third kappa shape index (κ3) is 1.96. The van der Waals surface area contributed by atoms with Gasteiger partial charge in [-0.2, -0.15) is 0 Å². The highest BCUT2D eigenvalue weighted by atomic mass is 16.3. The van der Waals surface area contributed by atoms with E-state index in [1.807, 2.05) is 31.3 Å². The number of nitrogen functional groups attached to an aromatic ring is 1. The Bertz CT molecular complexity index is 229. The molecule has 0 aliphatic carbocycles. The summed E-state index contributed by atoms with van der Waals surface area (Å²) in [5.74, 6) is 0.